The number of esters is 1. The fourth-order valence-electron chi connectivity index (χ4n) is 0.765. The van der Waals surface area contributed by atoms with Crippen molar-refractivity contribution in [2.75, 3.05) is 0 Å². The zero-order chi connectivity index (χ0) is 8.15. The smallest absolute Gasteiger partial charge is 0.303 e. The molecule has 0 aromatic carbocycles. The van der Waals surface area contributed by atoms with Crippen LogP contribution >= 0.6 is 0 Å². The average Bonchev–Trinajstić information content (AvgIpc) is 1.58. The van der Waals surface area contributed by atoms with Crippen LogP contribution in [-0.4, -0.2) is 12.1 Å². The minimum Gasteiger partial charge on any atom is -0.459 e. The summed E-state index contributed by atoms with van der Waals surface area (Å²) in [5.74, 6) is -0.231. The maximum Gasteiger partial charge on any atom is 0.303 e. The molecule has 0 rings (SSSR count). The Morgan fingerprint density at radius 2 is 1.90 bits per heavy atom. The van der Waals surface area contributed by atoms with Crippen LogP contribution in [-0.2, 0) is 9.53 Å². The molecule has 0 aromatic rings. The first-order valence-electron chi connectivity index (χ1n) is 3.34. The van der Waals surface area contributed by atoms with Gasteiger partial charge in [-0.05, 0) is 26.8 Å². The number of allylic oxidation sites excluding steroid dienone is 1. The van der Waals surface area contributed by atoms with Crippen molar-refractivity contribution < 1.29 is 9.53 Å². The molecule has 0 saturated heterocycles. The van der Waals surface area contributed by atoms with Gasteiger partial charge in [-0.2, -0.15) is 0 Å². The summed E-state index contributed by atoms with van der Waals surface area (Å²) in [4.78, 5) is 10.4. The Hall–Kier alpha value is -0.790. The number of ether oxygens (including phenoxy) is 1. The Morgan fingerprint density at radius 3 is 2.20 bits per heavy atom. The van der Waals surface area contributed by atoms with Gasteiger partial charge in [-0.3, -0.25) is 4.79 Å². The highest BCUT2D eigenvalue weighted by Crippen LogP contribution is 1.98. The van der Waals surface area contributed by atoms with E-state index in [1.54, 1.807) is 0 Å². The maximum absolute atomic E-state index is 10.4. The summed E-state index contributed by atoms with van der Waals surface area (Å²) in [6, 6.07) is 0. The minimum atomic E-state index is -0.231. The molecule has 10 heavy (non-hydrogen) atoms. The Labute approximate surface area is 61.9 Å². The van der Waals surface area contributed by atoms with Crippen LogP contribution < -0.4 is 0 Å². The van der Waals surface area contributed by atoms with Crippen molar-refractivity contribution >= 4 is 5.97 Å². The fourth-order valence-corrected chi connectivity index (χ4v) is 0.765. The number of hydrogen-bond acceptors (Lipinski definition) is 2. The standard InChI is InChI=1S/C8H14O2/c1-6(2)5-7(3)10-8(4)9/h5,7H,1-4H3. The van der Waals surface area contributed by atoms with E-state index in [4.69, 9.17) is 4.74 Å². The lowest BCUT2D eigenvalue weighted by atomic mass is 10.2. The van der Waals surface area contributed by atoms with Crippen LogP contribution in [0, 0.1) is 0 Å². The van der Waals surface area contributed by atoms with E-state index in [9.17, 15) is 4.79 Å². The number of hydrogen-bond donors (Lipinski definition) is 0. The molecule has 2 heteroatoms. The Balaban J connectivity index is 3.75. The van der Waals surface area contributed by atoms with E-state index in [1.807, 2.05) is 26.8 Å². The van der Waals surface area contributed by atoms with Gasteiger partial charge in [-0.15, -0.1) is 0 Å². The number of rotatable bonds is 2. The lowest BCUT2D eigenvalue weighted by Gasteiger charge is -2.06. The largest absolute Gasteiger partial charge is 0.459 e. The average molecular weight is 142 g/mol. The summed E-state index contributed by atoms with van der Waals surface area (Å²) < 4.78 is 4.85. The minimum absolute atomic E-state index is 0.0949. The third-order valence-electron chi connectivity index (χ3n) is 0.920. The Bertz CT molecular complexity index is 143. The van der Waals surface area contributed by atoms with Crippen LogP contribution in [0.5, 0.6) is 0 Å². The summed E-state index contributed by atoms with van der Waals surface area (Å²) in [6.45, 7) is 7.20. The van der Waals surface area contributed by atoms with Crippen LogP contribution in [0.4, 0.5) is 0 Å². The van der Waals surface area contributed by atoms with Gasteiger partial charge in [0.15, 0.2) is 0 Å². The van der Waals surface area contributed by atoms with Gasteiger partial charge >= 0.3 is 5.97 Å². The van der Waals surface area contributed by atoms with E-state index < -0.39 is 0 Å². The summed E-state index contributed by atoms with van der Waals surface area (Å²) in [6.07, 6.45) is 1.81. The highest BCUT2D eigenvalue weighted by Gasteiger charge is 1.99. The summed E-state index contributed by atoms with van der Waals surface area (Å²) in [5.41, 5.74) is 1.16. The van der Waals surface area contributed by atoms with Crippen molar-refractivity contribution in [3.05, 3.63) is 11.6 Å². The maximum atomic E-state index is 10.4. The highest BCUT2D eigenvalue weighted by molar-refractivity contribution is 5.66. The van der Waals surface area contributed by atoms with Gasteiger partial charge in [0, 0.05) is 6.92 Å². The third kappa shape index (κ3) is 5.35. The number of carbonyl (C=O) groups is 1. The Morgan fingerprint density at radius 1 is 1.40 bits per heavy atom. The van der Waals surface area contributed by atoms with Crippen LogP contribution in [0.1, 0.15) is 27.7 Å². The fraction of sp³-hybridized carbons (Fsp3) is 0.625. The molecule has 0 heterocycles. The van der Waals surface area contributed by atoms with Crippen molar-refractivity contribution in [1.29, 1.82) is 0 Å². The molecule has 0 amide bonds. The third-order valence-corrected chi connectivity index (χ3v) is 0.920. The molecule has 0 radical (unpaired) electrons. The molecule has 0 aromatic heterocycles. The van der Waals surface area contributed by atoms with Gasteiger partial charge < -0.3 is 4.74 Å². The van der Waals surface area contributed by atoms with Gasteiger partial charge in [0.2, 0.25) is 0 Å². The second kappa shape index (κ2) is 4.09. The first-order valence-corrected chi connectivity index (χ1v) is 3.34. The van der Waals surface area contributed by atoms with Crippen molar-refractivity contribution in [2.45, 2.75) is 33.8 Å². The molecule has 0 spiro atoms. The van der Waals surface area contributed by atoms with E-state index in [0.29, 0.717) is 0 Å². The molecule has 0 aliphatic carbocycles. The lowest BCUT2D eigenvalue weighted by Crippen LogP contribution is -2.09. The normalized spacial score (nSPS) is 12.0. The summed E-state index contributed by atoms with van der Waals surface area (Å²) >= 11 is 0. The van der Waals surface area contributed by atoms with E-state index in [-0.39, 0.29) is 12.1 Å². The molecule has 1 atom stereocenters. The monoisotopic (exact) mass is 142 g/mol. The van der Waals surface area contributed by atoms with E-state index >= 15 is 0 Å². The van der Waals surface area contributed by atoms with Gasteiger partial charge in [0.1, 0.15) is 6.10 Å². The van der Waals surface area contributed by atoms with Gasteiger partial charge in [0.05, 0.1) is 0 Å². The van der Waals surface area contributed by atoms with Crippen molar-refractivity contribution in [2.24, 2.45) is 0 Å². The zero-order valence-corrected chi connectivity index (χ0v) is 6.97. The predicted octanol–water partition coefficient (Wildman–Crippen LogP) is 1.90. The van der Waals surface area contributed by atoms with Crippen LogP contribution in [0.3, 0.4) is 0 Å². The molecular formula is C8H14O2. The first-order chi connectivity index (χ1) is 4.52. The molecule has 2 nitrogen and oxygen atoms in total. The summed E-state index contributed by atoms with van der Waals surface area (Å²) in [5, 5.41) is 0. The topological polar surface area (TPSA) is 26.3 Å². The molecule has 0 fully saturated rings. The highest BCUT2D eigenvalue weighted by atomic mass is 16.5. The van der Waals surface area contributed by atoms with E-state index in [0.717, 1.165) is 5.57 Å². The van der Waals surface area contributed by atoms with Crippen molar-refractivity contribution in [3.63, 3.8) is 0 Å². The zero-order valence-electron chi connectivity index (χ0n) is 6.97. The molecule has 0 aliphatic rings. The molecule has 1 unspecified atom stereocenters. The van der Waals surface area contributed by atoms with Gasteiger partial charge in [0.25, 0.3) is 0 Å². The van der Waals surface area contributed by atoms with Crippen LogP contribution in [0.15, 0.2) is 11.6 Å². The van der Waals surface area contributed by atoms with E-state index in [2.05, 4.69) is 0 Å². The summed E-state index contributed by atoms with van der Waals surface area (Å²) in [7, 11) is 0. The predicted molar refractivity (Wildman–Crippen MR) is 40.7 cm³/mol. The van der Waals surface area contributed by atoms with Gasteiger partial charge in [-0.1, -0.05) is 5.57 Å². The SMILES string of the molecule is CC(=O)OC(C)C=C(C)C. The second-order valence-corrected chi connectivity index (χ2v) is 2.56. The van der Waals surface area contributed by atoms with Gasteiger partial charge in [-0.25, -0.2) is 0 Å². The lowest BCUT2D eigenvalue weighted by molar-refractivity contribution is -0.143. The van der Waals surface area contributed by atoms with Crippen LogP contribution in [0.25, 0.3) is 0 Å². The molecule has 0 aliphatic heterocycles. The van der Waals surface area contributed by atoms with E-state index in [1.165, 1.54) is 6.92 Å². The molecule has 58 valence electrons. The van der Waals surface area contributed by atoms with Crippen LogP contribution in [0.2, 0.25) is 0 Å². The Kier molecular flexibility index (Phi) is 3.77. The molecule has 0 N–H and O–H groups in total. The molecular weight excluding hydrogens is 128 g/mol. The first kappa shape index (κ1) is 9.21. The van der Waals surface area contributed by atoms with Crippen molar-refractivity contribution in [3.8, 4) is 0 Å². The molecule has 0 saturated carbocycles. The van der Waals surface area contributed by atoms with Crippen molar-refractivity contribution in [1.82, 2.24) is 0 Å². The quantitative estimate of drug-likeness (QED) is 0.435. The molecule has 0 bridgehead atoms. The number of carbonyl (C=O) groups excluding carboxylic acids is 1. The second-order valence-electron chi connectivity index (χ2n) is 2.56.